The van der Waals surface area contributed by atoms with Crippen molar-refractivity contribution in [3.8, 4) is 0 Å². The first-order valence-electron chi connectivity index (χ1n) is 6.36. The molecule has 1 aromatic heterocycles. The zero-order chi connectivity index (χ0) is 13.7. The molecule has 0 radical (unpaired) electrons. The molecule has 102 valence electrons. The zero-order valence-corrected chi connectivity index (χ0v) is 11.9. The van der Waals surface area contributed by atoms with Gasteiger partial charge in [0.05, 0.1) is 18.6 Å². The van der Waals surface area contributed by atoms with E-state index in [9.17, 15) is 4.79 Å². The molecule has 0 saturated carbocycles. The van der Waals surface area contributed by atoms with E-state index in [2.05, 4.69) is 10.3 Å². The second-order valence-corrected chi connectivity index (χ2v) is 4.69. The summed E-state index contributed by atoms with van der Waals surface area (Å²) < 4.78 is 7.07. The molecule has 0 aliphatic heterocycles. The number of imidazole rings is 1. The predicted octanol–water partition coefficient (Wildman–Crippen LogP) is 1.43. The lowest BCUT2D eigenvalue weighted by molar-refractivity contribution is -0.146. The van der Waals surface area contributed by atoms with Gasteiger partial charge in [-0.1, -0.05) is 13.8 Å². The average molecular weight is 253 g/mol. The van der Waals surface area contributed by atoms with E-state index >= 15 is 0 Å². The Morgan fingerprint density at radius 2 is 2.17 bits per heavy atom. The van der Waals surface area contributed by atoms with Crippen LogP contribution in [0.5, 0.6) is 0 Å². The number of ether oxygens (including phenoxy) is 1. The van der Waals surface area contributed by atoms with Gasteiger partial charge >= 0.3 is 5.97 Å². The van der Waals surface area contributed by atoms with Gasteiger partial charge in [0.1, 0.15) is 6.04 Å². The third kappa shape index (κ3) is 3.84. The third-order valence-corrected chi connectivity index (χ3v) is 2.83. The van der Waals surface area contributed by atoms with Crippen LogP contribution in [0.4, 0.5) is 0 Å². The number of nitrogens with one attached hydrogen (secondary N) is 1. The van der Waals surface area contributed by atoms with Crippen molar-refractivity contribution in [1.29, 1.82) is 0 Å². The molecule has 0 aromatic carbocycles. The van der Waals surface area contributed by atoms with Crippen LogP contribution in [0.2, 0.25) is 0 Å². The van der Waals surface area contributed by atoms with Crippen molar-refractivity contribution in [2.24, 2.45) is 0 Å². The maximum Gasteiger partial charge on any atom is 0.324 e. The number of hydrogen-bond donors (Lipinski definition) is 1. The molecule has 1 rings (SSSR count). The molecule has 1 unspecified atom stereocenters. The van der Waals surface area contributed by atoms with Crippen molar-refractivity contribution >= 4 is 5.97 Å². The topological polar surface area (TPSA) is 56.2 Å². The summed E-state index contributed by atoms with van der Waals surface area (Å²) >= 11 is 0. The average Bonchev–Trinajstić information content (AvgIpc) is 2.60. The van der Waals surface area contributed by atoms with Gasteiger partial charge in [-0.3, -0.25) is 4.79 Å². The van der Waals surface area contributed by atoms with Crippen LogP contribution in [0.15, 0.2) is 6.33 Å². The van der Waals surface area contributed by atoms with Crippen LogP contribution in [0.3, 0.4) is 0 Å². The molecule has 0 amide bonds. The number of carbonyl (C=O) groups is 1. The van der Waals surface area contributed by atoms with Gasteiger partial charge in [-0.15, -0.1) is 0 Å². The number of esters is 1. The van der Waals surface area contributed by atoms with Crippen LogP contribution in [0.1, 0.15) is 32.2 Å². The van der Waals surface area contributed by atoms with Crippen LogP contribution in [0.25, 0.3) is 0 Å². The summed E-state index contributed by atoms with van der Waals surface area (Å²) in [4.78, 5) is 16.1. The number of nitrogens with zero attached hydrogens (tertiary/aromatic N) is 2. The Balaban J connectivity index is 2.77. The highest BCUT2D eigenvalue weighted by molar-refractivity contribution is 5.75. The lowest BCUT2D eigenvalue weighted by atomic mass is 10.2. The molecule has 0 spiro atoms. The van der Waals surface area contributed by atoms with Gasteiger partial charge < -0.3 is 14.6 Å². The quantitative estimate of drug-likeness (QED) is 0.779. The standard InChI is InChI=1S/C13H23N3O2/c1-6-18-13(17)12(15-9(2)3)7-16-8-14-10(4)11(16)5/h8-9,12,15H,6-7H2,1-5H3. The van der Waals surface area contributed by atoms with E-state index in [1.807, 2.05) is 39.2 Å². The maximum atomic E-state index is 11.9. The minimum Gasteiger partial charge on any atom is -0.465 e. The zero-order valence-electron chi connectivity index (χ0n) is 11.9. The van der Waals surface area contributed by atoms with E-state index in [0.717, 1.165) is 11.4 Å². The lowest BCUT2D eigenvalue weighted by Gasteiger charge is -2.20. The molecular weight excluding hydrogens is 230 g/mol. The molecule has 18 heavy (non-hydrogen) atoms. The molecule has 0 aliphatic rings. The Labute approximate surface area is 109 Å². The molecule has 1 atom stereocenters. The summed E-state index contributed by atoms with van der Waals surface area (Å²) in [7, 11) is 0. The Bertz CT molecular complexity index is 399. The summed E-state index contributed by atoms with van der Waals surface area (Å²) in [6.07, 6.45) is 1.76. The SMILES string of the molecule is CCOC(=O)C(Cn1cnc(C)c1C)NC(C)C. The maximum absolute atomic E-state index is 11.9. The van der Waals surface area contributed by atoms with E-state index in [1.165, 1.54) is 0 Å². The van der Waals surface area contributed by atoms with Gasteiger partial charge in [-0.2, -0.15) is 0 Å². The summed E-state index contributed by atoms with van der Waals surface area (Å²) in [6.45, 7) is 10.7. The Kier molecular flexibility index (Phi) is 5.34. The van der Waals surface area contributed by atoms with Gasteiger partial charge in [0.15, 0.2) is 0 Å². The first kappa shape index (κ1) is 14.7. The Hall–Kier alpha value is -1.36. The number of rotatable bonds is 6. The van der Waals surface area contributed by atoms with E-state index in [-0.39, 0.29) is 18.1 Å². The second-order valence-electron chi connectivity index (χ2n) is 4.69. The minimum absolute atomic E-state index is 0.211. The number of carbonyl (C=O) groups excluding carboxylic acids is 1. The van der Waals surface area contributed by atoms with Crippen LogP contribution in [-0.4, -0.2) is 34.2 Å². The molecule has 0 aliphatic carbocycles. The van der Waals surface area contributed by atoms with E-state index in [0.29, 0.717) is 13.2 Å². The summed E-state index contributed by atoms with van der Waals surface area (Å²) in [5.74, 6) is -0.211. The van der Waals surface area contributed by atoms with Crippen molar-refractivity contribution in [1.82, 2.24) is 14.9 Å². The molecule has 5 heteroatoms. The second kappa shape index (κ2) is 6.54. The molecule has 1 N–H and O–H groups in total. The van der Waals surface area contributed by atoms with Gasteiger partial charge in [-0.05, 0) is 20.8 Å². The van der Waals surface area contributed by atoms with E-state index in [4.69, 9.17) is 4.74 Å². The normalized spacial score (nSPS) is 12.8. The van der Waals surface area contributed by atoms with Crippen molar-refractivity contribution in [2.45, 2.75) is 53.2 Å². The highest BCUT2D eigenvalue weighted by atomic mass is 16.5. The largest absolute Gasteiger partial charge is 0.465 e. The van der Waals surface area contributed by atoms with Gasteiger partial charge in [0, 0.05) is 18.3 Å². The third-order valence-electron chi connectivity index (χ3n) is 2.83. The molecule has 5 nitrogen and oxygen atoms in total. The molecular formula is C13H23N3O2. The fraction of sp³-hybridized carbons (Fsp3) is 0.692. The lowest BCUT2D eigenvalue weighted by Crippen LogP contribution is -2.44. The molecule has 1 aromatic rings. The van der Waals surface area contributed by atoms with Crippen LogP contribution < -0.4 is 5.32 Å². The summed E-state index contributed by atoms with van der Waals surface area (Å²) in [5, 5.41) is 3.23. The molecule has 0 fully saturated rings. The molecule has 0 bridgehead atoms. The van der Waals surface area contributed by atoms with Crippen molar-refractivity contribution in [3.05, 3.63) is 17.7 Å². The monoisotopic (exact) mass is 253 g/mol. The van der Waals surface area contributed by atoms with E-state index in [1.54, 1.807) is 6.33 Å². The number of aryl methyl sites for hydroxylation is 1. The predicted molar refractivity (Wildman–Crippen MR) is 70.4 cm³/mol. The highest BCUT2D eigenvalue weighted by Gasteiger charge is 2.21. The first-order chi connectivity index (χ1) is 8.45. The van der Waals surface area contributed by atoms with Gasteiger partial charge in [0.2, 0.25) is 0 Å². The Morgan fingerprint density at radius 1 is 1.50 bits per heavy atom. The van der Waals surface area contributed by atoms with Crippen LogP contribution >= 0.6 is 0 Å². The van der Waals surface area contributed by atoms with Gasteiger partial charge in [0.25, 0.3) is 0 Å². The fourth-order valence-corrected chi connectivity index (χ4v) is 1.77. The van der Waals surface area contributed by atoms with Crippen molar-refractivity contribution in [3.63, 3.8) is 0 Å². The fourth-order valence-electron chi connectivity index (χ4n) is 1.77. The summed E-state index contributed by atoms with van der Waals surface area (Å²) in [6, 6.07) is -0.110. The van der Waals surface area contributed by atoms with Crippen molar-refractivity contribution < 1.29 is 9.53 Å². The minimum atomic E-state index is -0.336. The van der Waals surface area contributed by atoms with Gasteiger partial charge in [-0.25, -0.2) is 4.98 Å². The number of hydrogen-bond acceptors (Lipinski definition) is 4. The Morgan fingerprint density at radius 3 is 2.61 bits per heavy atom. The highest BCUT2D eigenvalue weighted by Crippen LogP contribution is 2.06. The van der Waals surface area contributed by atoms with Crippen LogP contribution in [0, 0.1) is 13.8 Å². The number of aromatic nitrogens is 2. The molecule has 1 heterocycles. The van der Waals surface area contributed by atoms with Crippen LogP contribution in [-0.2, 0) is 16.1 Å². The van der Waals surface area contributed by atoms with E-state index < -0.39 is 0 Å². The first-order valence-corrected chi connectivity index (χ1v) is 6.36. The smallest absolute Gasteiger partial charge is 0.324 e. The molecule has 0 saturated heterocycles. The summed E-state index contributed by atoms with van der Waals surface area (Å²) in [5.41, 5.74) is 2.07. The van der Waals surface area contributed by atoms with Crippen molar-refractivity contribution in [2.75, 3.05) is 6.61 Å².